The van der Waals surface area contributed by atoms with E-state index in [-0.39, 0.29) is 0 Å². The van der Waals surface area contributed by atoms with Crippen molar-refractivity contribution in [1.29, 1.82) is 0 Å². The van der Waals surface area contributed by atoms with Crippen LogP contribution in [-0.2, 0) is 17.9 Å². The Morgan fingerprint density at radius 1 is 1.00 bits per heavy atom. The van der Waals surface area contributed by atoms with Crippen LogP contribution >= 0.6 is 0 Å². The van der Waals surface area contributed by atoms with Gasteiger partial charge in [-0.05, 0) is 23.3 Å². The van der Waals surface area contributed by atoms with E-state index in [0.717, 1.165) is 16.8 Å². The van der Waals surface area contributed by atoms with E-state index in [0.29, 0.717) is 30.6 Å². The number of nitrogens with zero attached hydrogens (tertiary/aromatic N) is 1. The Morgan fingerprint density at radius 3 is 2.46 bits per heavy atom. The van der Waals surface area contributed by atoms with Crippen molar-refractivity contribution in [2.24, 2.45) is 10.7 Å². The molecule has 0 unspecified atom stereocenters. The molecular weight excluding hydrogens is 306 g/mol. The standard InChI is InChI=1S/C18H23N3O3/c1-22-12-14-6-4-5-13(9-14)11-20-18(19)21-15-7-8-16(23-2)17(10-15)24-3/h4-10H,11-12H2,1-3H3,(H3,19,20,21). The molecule has 0 aliphatic heterocycles. The van der Waals surface area contributed by atoms with E-state index in [2.05, 4.69) is 16.4 Å². The fraction of sp³-hybridized carbons (Fsp3) is 0.278. The van der Waals surface area contributed by atoms with Crippen LogP contribution in [0.3, 0.4) is 0 Å². The fourth-order valence-electron chi connectivity index (χ4n) is 2.26. The number of aliphatic imine (C=N–C) groups is 1. The van der Waals surface area contributed by atoms with Crippen molar-refractivity contribution in [3.63, 3.8) is 0 Å². The zero-order chi connectivity index (χ0) is 17.4. The number of hydrogen-bond donors (Lipinski definition) is 2. The molecule has 0 spiro atoms. The first kappa shape index (κ1) is 17.6. The van der Waals surface area contributed by atoms with Crippen molar-refractivity contribution in [2.75, 3.05) is 26.6 Å². The largest absolute Gasteiger partial charge is 0.493 e. The summed E-state index contributed by atoms with van der Waals surface area (Å²) >= 11 is 0. The molecule has 0 atom stereocenters. The average Bonchev–Trinajstić information content (AvgIpc) is 2.60. The maximum Gasteiger partial charge on any atom is 0.193 e. The van der Waals surface area contributed by atoms with E-state index in [1.165, 1.54) is 0 Å². The van der Waals surface area contributed by atoms with Gasteiger partial charge in [0.25, 0.3) is 0 Å². The third kappa shape index (κ3) is 4.89. The highest BCUT2D eigenvalue weighted by Gasteiger charge is 2.05. The molecular formula is C18H23N3O3. The van der Waals surface area contributed by atoms with Crippen molar-refractivity contribution in [2.45, 2.75) is 13.2 Å². The van der Waals surface area contributed by atoms with E-state index < -0.39 is 0 Å². The molecule has 6 nitrogen and oxygen atoms in total. The predicted octanol–water partition coefficient (Wildman–Crippen LogP) is 2.78. The maximum absolute atomic E-state index is 5.95. The van der Waals surface area contributed by atoms with Gasteiger partial charge in [0.15, 0.2) is 17.5 Å². The summed E-state index contributed by atoms with van der Waals surface area (Å²) < 4.78 is 15.6. The van der Waals surface area contributed by atoms with E-state index in [4.69, 9.17) is 19.9 Å². The number of nitrogens with one attached hydrogen (secondary N) is 1. The molecule has 0 aliphatic rings. The van der Waals surface area contributed by atoms with Crippen molar-refractivity contribution in [3.8, 4) is 11.5 Å². The number of benzene rings is 2. The molecule has 24 heavy (non-hydrogen) atoms. The van der Waals surface area contributed by atoms with Crippen LogP contribution in [0.25, 0.3) is 0 Å². The number of anilines is 1. The average molecular weight is 329 g/mol. The minimum Gasteiger partial charge on any atom is -0.493 e. The number of nitrogens with two attached hydrogens (primary N) is 1. The van der Waals surface area contributed by atoms with Crippen LogP contribution in [0.2, 0.25) is 0 Å². The first-order chi connectivity index (χ1) is 11.7. The highest BCUT2D eigenvalue weighted by Crippen LogP contribution is 2.29. The molecule has 2 rings (SSSR count). The van der Waals surface area contributed by atoms with Gasteiger partial charge < -0.3 is 25.3 Å². The molecule has 0 amide bonds. The van der Waals surface area contributed by atoms with Gasteiger partial charge in [-0.3, -0.25) is 0 Å². The van der Waals surface area contributed by atoms with Crippen molar-refractivity contribution >= 4 is 11.6 Å². The lowest BCUT2D eigenvalue weighted by Crippen LogP contribution is -2.22. The molecule has 2 aromatic carbocycles. The van der Waals surface area contributed by atoms with Gasteiger partial charge in [0.1, 0.15) is 0 Å². The molecule has 0 aromatic heterocycles. The highest BCUT2D eigenvalue weighted by atomic mass is 16.5. The first-order valence-corrected chi connectivity index (χ1v) is 7.52. The number of guanidine groups is 1. The van der Waals surface area contributed by atoms with Gasteiger partial charge in [-0.2, -0.15) is 0 Å². The summed E-state index contributed by atoms with van der Waals surface area (Å²) in [4.78, 5) is 4.36. The molecule has 2 aromatic rings. The van der Waals surface area contributed by atoms with Gasteiger partial charge in [-0.25, -0.2) is 4.99 Å². The second-order valence-corrected chi connectivity index (χ2v) is 5.15. The lowest BCUT2D eigenvalue weighted by atomic mass is 10.1. The Kier molecular flexibility index (Phi) is 6.45. The van der Waals surface area contributed by atoms with Gasteiger partial charge in [0.05, 0.1) is 27.4 Å². The SMILES string of the molecule is COCc1cccc(CN=C(N)Nc2ccc(OC)c(OC)c2)c1. The molecule has 0 aliphatic carbocycles. The second-order valence-electron chi connectivity index (χ2n) is 5.15. The summed E-state index contributed by atoms with van der Waals surface area (Å²) in [6, 6.07) is 13.5. The van der Waals surface area contributed by atoms with Crippen molar-refractivity contribution in [3.05, 3.63) is 53.6 Å². The van der Waals surface area contributed by atoms with E-state index in [9.17, 15) is 0 Å². The predicted molar refractivity (Wildman–Crippen MR) is 95.7 cm³/mol. The minimum atomic E-state index is 0.333. The van der Waals surface area contributed by atoms with E-state index in [1.807, 2.05) is 30.3 Å². The summed E-state index contributed by atoms with van der Waals surface area (Å²) in [6.07, 6.45) is 0. The molecule has 6 heteroatoms. The zero-order valence-electron chi connectivity index (χ0n) is 14.2. The monoisotopic (exact) mass is 329 g/mol. The minimum absolute atomic E-state index is 0.333. The van der Waals surface area contributed by atoms with E-state index in [1.54, 1.807) is 27.4 Å². The van der Waals surface area contributed by atoms with Crippen LogP contribution in [0, 0.1) is 0 Å². The smallest absolute Gasteiger partial charge is 0.193 e. The third-order valence-corrected chi connectivity index (χ3v) is 3.39. The number of methoxy groups -OCH3 is 3. The zero-order valence-corrected chi connectivity index (χ0v) is 14.2. The van der Waals surface area contributed by atoms with E-state index >= 15 is 0 Å². The molecule has 128 valence electrons. The summed E-state index contributed by atoms with van der Waals surface area (Å²) in [7, 11) is 4.86. The third-order valence-electron chi connectivity index (χ3n) is 3.39. The van der Waals surface area contributed by atoms with Crippen LogP contribution < -0.4 is 20.5 Å². The topological polar surface area (TPSA) is 78.1 Å². The summed E-state index contributed by atoms with van der Waals surface area (Å²) in [5.74, 6) is 1.62. The van der Waals surface area contributed by atoms with Crippen molar-refractivity contribution in [1.82, 2.24) is 0 Å². The summed E-state index contributed by atoms with van der Waals surface area (Å²) in [6.45, 7) is 1.07. The Morgan fingerprint density at radius 2 is 1.75 bits per heavy atom. The highest BCUT2D eigenvalue weighted by molar-refractivity contribution is 5.92. The Labute approximate surface area is 142 Å². The summed E-state index contributed by atoms with van der Waals surface area (Å²) in [5.41, 5.74) is 8.91. The quantitative estimate of drug-likeness (QED) is 0.603. The van der Waals surface area contributed by atoms with Crippen molar-refractivity contribution < 1.29 is 14.2 Å². The van der Waals surface area contributed by atoms with Gasteiger partial charge in [-0.15, -0.1) is 0 Å². The lowest BCUT2D eigenvalue weighted by molar-refractivity contribution is 0.185. The van der Waals surface area contributed by atoms with Crippen LogP contribution in [0.1, 0.15) is 11.1 Å². The first-order valence-electron chi connectivity index (χ1n) is 7.52. The van der Waals surface area contributed by atoms with Crippen LogP contribution in [-0.4, -0.2) is 27.3 Å². The van der Waals surface area contributed by atoms with Gasteiger partial charge in [0.2, 0.25) is 0 Å². The van der Waals surface area contributed by atoms with Gasteiger partial charge >= 0.3 is 0 Å². The molecule has 0 radical (unpaired) electrons. The molecule has 0 saturated carbocycles. The number of ether oxygens (including phenoxy) is 3. The Bertz CT molecular complexity index is 702. The van der Waals surface area contributed by atoms with Crippen LogP contribution in [0.15, 0.2) is 47.5 Å². The second kappa shape index (κ2) is 8.79. The van der Waals surface area contributed by atoms with Crippen LogP contribution in [0.4, 0.5) is 5.69 Å². The molecule has 0 saturated heterocycles. The maximum atomic E-state index is 5.95. The Hall–Kier alpha value is -2.73. The lowest BCUT2D eigenvalue weighted by Gasteiger charge is -2.11. The normalized spacial score (nSPS) is 11.2. The summed E-state index contributed by atoms with van der Waals surface area (Å²) in [5, 5.41) is 3.05. The van der Waals surface area contributed by atoms with Gasteiger partial charge in [-0.1, -0.05) is 24.3 Å². The molecule has 3 N–H and O–H groups in total. The fourth-order valence-corrected chi connectivity index (χ4v) is 2.26. The molecule has 0 fully saturated rings. The molecule has 0 heterocycles. The molecule has 0 bridgehead atoms. The Balaban J connectivity index is 2.02. The number of rotatable bonds is 7. The number of hydrogen-bond acceptors (Lipinski definition) is 4. The van der Waals surface area contributed by atoms with Crippen LogP contribution in [0.5, 0.6) is 11.5 Å². The van der Waals surface area contributed by atoms with Gasteiger partial charge in [0, 0.05) is 18.9 Å².